The fraction of sp³-hybridized carbons (Fsp3) is 0.182. The van der Waals surface area contributed by atoms with Crippen molar-refractivity contribution < 1.29 is 8.42 Å². The van der Waals surface area contributed by atoms with Crippen LogP contribution in [0.1, 0.15) is 12.0 Å². The number of aryl methyl sites for hydroxylation is 1. The molecule has 0 unspecified atom stereocenters. The largest absolute Gasteiger partial charge is 0.370 e. The molecule has 0 aliphatic carbocycles. The molecule has 0 radical (unpaired) electrons. The van der Waals surface area contributed by atoms with Gasteiger partial charge in [-0.25, -0.2) is 18.1 Å². The molecule has 2 N–H and O–H groups in total. The van der Waals surface area contributed by atoms with Gasteiger partial charge in [0, 0.05) is 29.7 Å². The quantitative estimate of drug-likeness (QED) is 0.314. The minimum atomic E-state index is -3.53. The van der Waals surface area contributed by atoms with Gasteiger partial charge in [-0.05, 0) is 47.5 Å². The van der Waals surface area contributed by atoms with Gasteiger partial charge in [0.1, 0.15) is 5.82 Å². The highest BCUT2D eigenvalue weighted by Crippen LogP contribution is 2.30. The molecule has 0 amide bonds. The lowest BCUT2D eigenvalue weighted by Crippen LogP contribution is -2.26. The second-order valence-corrected chi connectivity index (χ2v) is 10.3. The lowest BCUT2D eigenvalue weighted by atomic mass is 10.1. The molecule has 0 bridgehead atoms. The molecule has 0 atom stereocenters. The first-order chi connectivity index (χ1) is 15.3. The zero-order valence-electron chi connectivity index (χ0n) is 17.2. The maximum atomic E-state index is 12.4. The molecule has 7 nitrogen and oxygen atoms in total. The van der Waals surface area contributed by atoms with E-state index in [2.05, 4.69) is 36.1 Å². The summed E-state index contributed by atoms with van der Waals surface area (Å²) in [6, 6.07) is 16.2. The summed E-state index contributed by atoms with van der Waals surface area (Å²) in [6.07, 6.45) is 2.26. The van der Waals surface area contributed by atoms with Gasteiger partial charge in [-0.2, -0.15) is 9.61 Å². The molecule has 2 aromatic heterocycles. The van der Waals surface area contributed by atoms with Gasteiger partial charge in [-0.1, -0.05) is 47.5 Å². The maximum absolute atomic E-state index is 12.4. The Labute approximate surface area is 200 Å². The molecule has 0 saturated heterocycles. The Morgan fingerprint density at radius 2 is 1.84 bits per heavy atom. The van der Waals surface area contributed by atoms with Crippen LogP contribution in [0.15, 0.2) is 70.2 Å². The van der Waals surface area contributed by atoms with Crippen molar-refractivity contribution in [3.05, 3.63) is 75.9 Å². The summed E-state index contributed by atoms with van der Waals surface area (Å²) in [6.45, 7) is 2.76. The number of fused-ring (bicyclic) bond motifs is 1. The van der Waals surface area contributed by atoms with Crippen LogP contribution in [0.3, 0.4) is 0 Å². The topological polar surface area (TPSA) is 88.4 Å². The van der Waals surface area contributed by atoms with Crippen molar-refractivity contribution in [2.45, 2.75) is 18.2 Å². The van der Waals surface area contributed by atoms with Gasteiger partial charge in [0.2, 0.25) is 10.0 Å². The van der Waals surface area contributed by atoms with Gasteiger partial charge in [0.15, 0.2) is 5.65 Å². The average molecular weight is 535 g/mol. The third kappa shape index (κ3) is 4.96. The fourth-order valence-electron chi connectivity index (χ4n) is 3.18. The molecule has 0 saturated carbocycles. The van der Waals surface area contributed by atoms with Crippen LogP contribution in [0.5, 0.6) is 0 Å². The molecule has 0 aliphatic rings. The first-order valence-electron chi connectivity index (χ1n) is 9.94. The van der Waals surface area contributed by atoms with E-state index in [0.29, 0.717) is 35.9 Å². The number of rotatable bonds is 8. The van der Waals surface area contributed by atoms with Gasteiger partial charge in [-0.3, -0.25) is 0 Å². The highest BCUT2D eigenvalue weighted by atomic mass is 79.9. The number of nitrogens with zero attached hydrogens (tertiary/aromatic N) is 3. The Morgan fingerprint density at radius 3 is 2.59 bits per heavy atom. The highest BCUT2D eigenvalue weighted by molar-refractivity contribution is 9.10. The zero-order chi connectivity index (χ0) is 22.7. The van der Waals surface area contributed by atoms with E-state index in [1.165, 1.54) is 0 Å². The molecule has 0 aliphatic heterocycles. The smallest absolute Gasteiger partial charge is 0.240 e. The summed E-state index contributed by atoms with van der Waals surface area (Å²) in [5, 5.41) is 8.29. The Morgan fingerprint density at radius 1 is 1.09 bits per heavy atom. The summed E-state index contributed by atoms with van der Waals surface area (Å²) in [5.41, 5.74) is 3.20. The van der Waals surface area contributed by atoms with E-state index in [-0.39, 0.29) is 4.90 Å². The summed E-state index contributed by atoms with van der Waals surface area (Å²) in [5.74, 6) is 0.733. The molecule has 2 heterocycles. The van der Waals surface area contributed by atoms with E-state index < -0.39 is 10.0 Å². The standard InChI is InChI=1S/C22H21BrClN5O2S/c1-15-7-9-16(10-8-15)32(30,31)27-12-4-11-25-21-13-20(17-5-2-3-6-19(17)24)28-22-18(23)14-26-29(21)22/h2-3,5-10,13-14,25,27H,4,11-12H2,1H3. The maximum Gasteiger partial charge on any atom is 0.240 e. The molecule has 0 spiro atoms. The fourth-order valence-corrected chi connectivity index (χ4v) is 4.84. The first-order valence-corrected chi connectivity index (χ1v) is 12.6. The van der Waals surface area contributed by atoms with Crippen molar-refractivity contribution in [3.8, 4) is 11.3 Å². The lowest BCUT2D eigenvalue weighted by molar-refractivity contribution is 0.580. The van der Waals surface area contributed by atoms with E-state index in [0.717, 1.165) is 21.4 Å². The third-order valence-corrected chi connectivity index (χ3v) is 7.23. The van der Waals surface area contributed by atoms with Crippen LogP contribution in [0, 0.1) is 6.92 Å². The van der Waals surface area contributed by atoms with Crippen LogP contribution in [-0.4, -0.2) is 36.1 Å². The Bertz CT molecular complexity index is 1360. The van der Waals surface area contributed by atoms with Gasteiger partial charge in [0.25, 0.3) is 0 Å². The number of hydrogen-bond acceptors (Lipinski definition) is 5. The molecular weight excluding hydrogens is 514 g/mol. The summed E-state index contributed by atoms with van der Waals surface area (Å²) in [4.78, 5) is 4.94. The Balaban J connectivity index is 1.45. The third-order valence-electron chi connectivity index (χ3n) is 4.86. The molecular formula is C22H21BrClN5O2S. The first kappa shape index (κ1) is 22.7. The number of sulfonamides is 1. The Hall–Kier alpha value is -2.46. The SMILES string of the molecule is Cc1ccc(S(=O)(=O)NCCCNc2cc(-c3ccccc3Cl)nc3c(Br)cnn23)cc1. The predicted octanol–water partition coefficient (Wildman–Crippen LogP) is 4.90. The van der Waals surface area contributed by atoms with E-state index in [1.807, 2.05) is 37.3 Å². The van der Waals surface area contributed by atoms with Crippen LogP contribution in [0.4, 0.5) is 5.82 Å². The van der Waals surface area contributed by atoms with Crippen LogP contribution in [0.25, 0.3) is 16.9 Å². The van der Waals surface area contributed by atoms with Crippen molar-refractivity contribution in [2.75, 3.05) is 18.4 Å². The highest BCUT2D eigenvalue weighted by Gasteiger charge is 2.14. The van der Waals surface area contributed by atoms with Gasteiger partial charge >= 0.3 is 0 Å². The minimum absolute atomic E-state index is 0.262. The summed E-state index contributed by atoms with van der Waals surface area (Å²) >= 11 is 9.85. The van der Waals surface area contributed by atoms with Crippen molar-refractivity contribution in [1.82, 2.24) is 19.3 Å². The number of anilines is 1. The number of halogens is 2. The molecule has 2 aromatic carbocycles. The molecule has 10 heteroatoms. The summed E-state index contributed by atoms with van der Waals surface area (Å²) < 4.78 is 29.9. The minimum Gasteiger partial charge on any atom is -0.370 e. The molecule has 0 fully saturated rings. The average Bonchev–Trinajstić information content (AvgIpc) is 3.15. The lowest BCUT2D eigenvalue weighted by Gasteiger charge is -2.12. The number of nitrogens with one attached hydrogen (secondary N) is 2. The van der Waals surface area contributed by atoms with E-state index in [1.54, 1.807) is 35.0 Å². The van der Waals surface area contributed by atoms with Crippen LogP contribution in [0.2, 0.25) is 5.02 Å². The van der Waals surface area contributed by atoms with E-state index in [9.17, 15) is 8.42 Å². The second kappa shape index (κ2) is 9.58. The van der Waals surface area contributed by atoms with Crippen molar-refractivity contribution in [3.63, 3.8) is 0 Å². The monoisotopic (exact) mass is 533 g/mol. The van der Waals surface area contributed by atoms with Crippen LogP contribution in [-0.2, 0) is 10.0 Å². The molecule has 4 aromatic rings. The second-order valence-electron chi connectivity index (χ2n) is 7.23. The molecule has 166 valence electrons. The number of benzene rings is 2. The summed E-state index contributed by atoms with van der Waals surface area (Å²) in [7, 11) is -3.53. The van der Waals surface area contributed by atoms with Gasteiger partial charge in [-0.15, -0.1) is 0 Å². The van der Waals surface area contributed by atoms with Gasteiger partial charge in [0.05, 0.1) is 21.3 Å². The van der Waals surface area contributed by atoms with E-state index in [4.69, 9.17) is 11.6 Å². The van der Waals surface area contributed by atoms with Crippen molar-refractivity contribution in [2.24, 2.45) is 0 Å². The number of aromatic nitrogens is 3. The van der Waals surface area contributed by atoms with Gasteiger partial charge < -0.3 is 5.32 Å². The predicted molar refractivity (Wildman–Crippen MR) is 131 cm³/mol. The van der Waals surface area contributed by atoms with Crippen LogP contribution < -0.4 is 10.0 Å². The molecule has 4 rings (SSSR count). The molecule has 32 heavy (non-hydrogen) atoms. The van der Waals surface area contributed by atoms with Crippen molar-refractivity contribution in [1.29, 1.82) is 0 Å². The van der Waals surface area contributed by atoms with Crippen molar-refractivity contribution >= 4 is 49.0 Å². The normalized spacial score (nSPS) is 11.7. The van der Waals surface area contributed by atoms with E-state index >= 15 is 0 Å². The Kier molecular flexibility index (Phi) is 6.80. The number of hydrogen-bond donors (Lipinski definition) is 2. The zero-order valence-corrected chi connectivity index (χ0v) is 20.4. The van der Waals surface area contributed by atoms with Crippen LogP contribution >= 0.6 is 27.5 Å².